The number of pyridine rings is 1. The minimum absolute atomic E-state index is 0.0705. The number of phenols is 1. The molecule has 35 heavy (non-hydrogen) atoms. The zero-order valence-electron chi connectivity index (χ0n) is 20.8. The zero-order valence-corrected chi connectivity index (χ0v) is 20.8. The van der Waals surface area contributed by atoms with Gasteiger partial charge in [0.1, 0.15) is 5.75 Å². The number of aromatic nitrogens is 1. The molecule has 2 aromatic carbocycles. The molecule has 1 unspecified atom stereocenters. The Morgan fingerprint density at radius 2 is 1.86 bits per heavy atom. The van der Waals surface area contributed by atoms with Gasteiger partial charge in [-0.05, 0) is 56.0 Å². The van der Waals surface area contributed by atoms with E-state index in [4.69, 9.17) is 4.74 Å². The molecule has 0 aliphatic rings. The van der Waals surface area contributed by atoms with E-state index in [-0.39, 0.29) is 23.3 Å². The summed E-state index contributed by atoms with van der Waals surface area (Å²) in [4.78, 5) is 29.1. The minimum Gasteiger partial charge on any atom is -0.506 e. The Morgan fingerprint density at radius 3 is 2.63 bits per heavy atom. The molecule has 1 aromatic heterocycles. The summed E-state index contributed by atoms with van der Waals surface area (Å²) in [7, 11) is 0. The predicted molar refractivity (Wildman–Crippen MR) is 140 cm³/mol. The highest BCUT2D eigenvalue weighted by Crippen LogP contribution is 2.24. The average Bonchev–Trinajstić information content (AvgIpc) is 2.87. The molecule has 0 aliphatic heterocycles. The van der Waals surface area contributed by atoms with Gasteiger partial charge in [0.2, 0.25) is 11.5 Å². The summed E-state index contributed by atoms with van der Waals surface area (Å²) < 4.78 is 5.71. The fraction of sp³-hybridized carbons (Fsp3) is 0.429. The summed E-state index contributed by atoms with van der Waals surface area (Å²) in [5.41, 5.74) is 2.51. The van der Waals surface area contributed by atoms with E-state index in [1.165, 1.54) is 11.6 Å². The standard InChI is InChI=1S/C28H37N3O4/c1-3-21(2)31(27(34)15-20-35-19-14-22-7-5-4-6-8-22)18-17-29-16-13-23-9-11-25(32)28-24(23)10-12-26(33)30-28/h4-12,21,29,32H,3,13-20H2,1-2H3,(H,30,33). The molecule has 0 aliphatic carbocycles. The van der Waals surface area contributed by atoms with Crippen LogP contribution >= 0.6 is 0 Å². The summed E-state index contributed by atoms with van der Waals surface area (Å²) in [5, 5.41) is 14.3. The number of phenolic OH excluding ortho intramolecular Hbond substituents is 1. The Kier molecular flexibility index (Phi) is 10.3. The first-order valence-electron chi connectivity index (χ1n) is 12.4. The summed E-state index contributed by atoms with van der Waals surface area (Å²) in [6, 6.07) is 17.1. The molecule has 0 saturated heterocycles. The molecule has 0 spiro atoms. The average molecular weight is 480 g/mol. The van der Waals surface area contributed by atoms with Crippen molar-refractivity contribution in [1.82, 2.24) is 15.2 Å². The van der Waals surface area contributed by atoms with Crippen LogP contribution in [-0.2, 0) is 22.4 Å². The highest BCUT2D eigenvalue weighted by atomic mass is 16.5. The number of carbonyl (C=O) groups is 1. The smallest absolute Gasteiger partial charge is 0.248 e. The lowest BCUT2D eigenvalue weighted by molar-refractivity contribution is -0.134. The molecule has 0 fully saturated rings. The van der Waals surface area contributed by atoms with E-state index in [1.54, 1.807) is 12.1 Å². The van der Waals surface area contributed by atoms with E-state index in [0.29, 0.717) is 38.2 Å². The highest BCUT2D eigenvalue weighted by molar-refractivity contribution is 5.87. The third kappa shape index (κ3) is 7.94. The number of rotatable bonds is 14. The van der Waals surface area contributed by atoms with Crippen LogP contribution in [0.25, 0.3) is 10.9 Å². The summed E-state index contributed by atoms with van der Waals surface area (Å²) in [6.45, 7) is 7.28. The van der Waals surface area contributed by atoms with E-state index in [1.807, 2.05) is 29.2 Å². The second kappa shape index (κ2) is 13.7. The van der Waals surface area contributed by atoms with Gasteiger partial charge in [-0.15, -0.1) is 0 Å². The third-order valence-electron chi connectivity index (χ3n) is 6.35. The van der Waals surface area contributed by atoms with Crippen molar-refractivity contribution in [2.75, 3.05) is 32.8 Å². The van der Waals surface area contributed by atoms with Gasteiger partial charge in [-0.25, -0.2) is 0 Å². The maximum absolute atomic E-state index is 12.8. The lowest BCUT2D eigenvalue weighted by Crippen LogP contribution is -2.43. The van der Waals surface area contributed by atoms with Crippen LogP contribution in [0.5, 0.6) is 5.75 Å². The molecule has 0 saturated carbocycles. The second-order valence-corrected chi connectivity index (χ2v) is 8.80. The van der Waals surface area contributed by atoms with Crippen LogP contribution in [0.3, 0.4) is 0 Å². The van der Waals surface area contributed by atoms with Gasteiger partial charge in [0.15, 0.2) is 0 Å². The second-order valence-electron chi connectivity index (χ2n) is 8.80. The van der Waals surface area contributed by atoms with E-state index < -0.39 is 0 Å². The van der Waals surface area contributed by atoms with Gasteiger partial charge < -0.3 is 25.0 Å². The Labute approximate surface area is 207 Å². The number of carbonyl (C=O) groups excluding carboxylic acids is 1. The number of hydrogen-bond acceptors (Lipinski definition) is 5. The molecule has 1 amide bonds. The van der Waals surface area contributed by atoms with E-state index >= 15 is 0 Å². The zero-order chi connectivity index (χ0) is 25.0. The maximum Gasteiger partial charge on any atom is 0.248 e. The Morgan fingerprint density at radius 1 is 1.06 bits per heavy atom. The van der Waals surface area contributed by atoms with Crippen LogP contribution in [0.15, 0.2) is 59.4 Å². The molecular formula is C28H37N3O4. The first kappa shape index (κ1) is 26.4. The molecule has 3 rings (SSSR count). The van der Waals surface area contributed by atoms with E-state index in [2.05, 4.69) is 36.3 Å². The van der Waals surface area contributed by atoms with Crippen LogP contribution in [0, 0.1) is 0 Å². The number of benzene rings is 2. The number of nitrogens with zero attached hydrogens (tertiary/aromatic N) is 1. The number of H-pyrrole nitrogens is 1. The number of fused-ring (bicyclic) bond motifs is 1. The Hall–Kier alpha value is -3.16. The molecule has 7 nitrogen and oxygen atoms in total. The number of aromatic hydroxyl groups is 1. The molecule has 0 radical (unpaired) electrons. The maximum atomic E-state index is 12.8. The van der Waals surface area contributed by atoms with Crippen LogP contribution in [0.2, 0.25) is 0 Å². The fourth-order valence-corrected chi connectivity index (χ4v) is 4.11. The Balaban J connectivity index is 1.41. The monoisotopic (exact) mass is 479 g/mol. The summed E-state index contributed by atoms with van der Waals surface area (Å²) >= 11 is 0. The third-order valence-corrected chi connectivity index (χ3v) is 6.35. The van der Waals surface area contributed by atoms with Crippen molar-refractivity contribution < 1.29 is 14.6 Å². The van der Waals surface area contributed by atoms with Crippen molar-refractivity contribution in [2.24, 2.45) is 0 Å². The molecule has 1 atom stereocenters. The van der Waals surface area contributed by atoms with Gasteiger partial charge >= 0.3 is 0 Å². The minimum atomic E-state index is -0.237. The fourth-order valence-electron chi connectivity index (χ4n) is 4.11. The van der Waals surface area contributed by atoms with Crippen molar-refractivity contribution in [3.05, 3.63) is 76.1 Å². The number of ether oxygens (including phenoxy) is 1. The predicted octanol–water partition coefficient (Wildman–Crippen LogP) is 3.64. The number of aromatic amines is 1. The normalized spacial score (nSPS) is 12.1. The first-order chi connectivity index (χ1) is 17.0. The highest BCUT2D eigenvalue weighted by Gasteiger charge is 2.18. The Bertz CT molecular complexity index is 1130. The SMILES string of the molecule is CCC(C)N(CCNCCc1ccc(O)c2[nH]c(=O)ccc12)C(=O)CCOCCc1ccccc1. The molecule has 188 valence electrons. The van der Waals surface area contributed by atoms with Crippen molar-refractivity contribution in [3.63, 3.8) is 0 Å². The number of amides is 1. The van der Waals surface area contributed by atoms with E-state index in [9.17, 15) is 14.7 Å². The molecule has 3 N–H and O–H groups in total. The van der Waals surface area contributed by atoms with Crippen molar-refractivity contribution >= 4 is 16.8 Å². The molecule has 3 aromatic rings. The van der Waals surface area contributed by atoms with Crippen LogP contribution in [0.4, 0.5) is 0 Å². The van der Waals surface area contributed by atoms with E-state index in [0.717, 1.165) is 36.8 Å². The quantitative estimate of drug-likeness (QED) is 0.307. The van der Waals surface area contributed by atoms with Crippen molar-refractivity contribution in [1.29, 1.82) is 0 Å². The summed E-state index contributed by atoms with van der Waals surface area (Å²) in [6.07, 6.45) is 2.88. The van der Waals surface area contributed by atoms with Crippen molar-refractivity contribution in [2.45, 2.75) is 45.6 Å². The molecule has 7 heteroatoms. The number of hydrogen-bond donors (Lipinski definition) is 3. The topological polar surface area (TPSA) is 94.7 Å². The van der Waals surface area contributed by atoms with Crippen LogP contribution in [-0.4, -0.2) is 59.8 Å². The largest absolute Gasteiger partial charge is 0.506 e. The van der Waals surface area contributed by atoms with Gasteiger partial charge in [0, 0.05) is 30.6 Å². The number of nitrogens with one attached hydrogen (secondary N) is 2. The van der Waals surface area contributed by atoms with Crippen molar-refractivity contribution in [3.8, 4) is 5.75 Å². The van der Waals surface area contributed by atoms with Crippen LogP contribution in [0.1, 0.15) is 37.8 Å². The molecular weight excluding hydrogens is 442 g/mol. The van der Waals surface area contributed by atoms with Gasteiger partial charge in [-0.3, -0.25) is 9.59 Å². The van der Waals surface area contributed by atoms with Gasteiger partial charge in [0.25, 0.3) is 0 Å². The van der Waals surface area contributed by atoms with Gasteiger partial charge in [-0.1, -0.05) is 43.3 Å². The molecule has 0 bridgehead atoms. The lowest BCUT2D eigenvalue weighted by Gasteiger charge is -2.29. The summed E-state index contributed by atoms with van der Waals surface area (Å²) in [5.74, 6) is 0.190. The molecule has 1 heterocycles. The lowest BCUT2D eigenvalue weighted by atomic mass is 10.0. The van der Waals surface area contributed by atoms with Gasteiger partial charge in [0.05, 0.1) is 25.2 Å². The van der Waals surface area contributed by atoms with Gasteiger partial charge in [-0.2, -0.15) is 0 Å². The van der Waals surface area contributed by atoms with Crippen LogP contribution < -0.4 is 10.9 Å². The first-order valence-corrected chi connectivity index (χ1v) is 12.4.